The Balaban J connectivity index is 1.57. The maximum atomic E-state index is 11.6. The average molecular weight is 523 g/mol. The van der Waals surface area contributed by atoms with Gasteiger partial charge < -0.3 is 25.0 Å². The molecule has 1 amide bonds. The highest BCUT2D eigenvalue weighted by Gasteiger charge is 2.38. The van der Waals surface area contributed by atoms with Crippen LogP contribution in [0.15, 0.2) is 71.9 Å². The normalized spacial score (nSPS) is 21.4. The second-order valence-corrected chi connectivity index (χ2v) is 9.95. The van der Waals surface area contributed by atoms with Gasteiger partial charge in [0.05, 0.1) is 24.4 Å². The minimum atomic E-state index is -1.02. The van der Waals surface area contributed by atoms with E-state index in [1.54, 1.807) is 18.3 Å². The molecule has 0 radical (unpaired) electrons. The number of pyridine rings is 1. The molecule has 2 heterocycles. The van der Waals surface area contributed by atoms with E-state index in [4.69, 9.17) is 9.47 Å². The third-order valence-corrected chi connectivity index (χ3v) is 7.40. The minimum Gasteiger partial charge on any atom is -0.478 e. The van der Waals surface area contributed by atoms with Gasteiger partial charge in [-0.25, -0.2) is 9.78 Å². The average Bonchev–Trinajstić information content (AvgIpc) is 2.92. The van der Waals surface area contributed by atoms with E-state index < -0.39 is 12.3 Å². The first kappa shape index (κ1) is 26.8. The largest absolute Gasteiger partial charge is 0.478 e. The first-order valence-corrected chi connectivity index (χ1v) is 13.0. The number of hydrogen-bond donors (Lipinski definition) is 3. The number of hydrogen-bond acceptors (Lipinski definition) is 7. The van der Waals surface area contributed by atoms with Crippen LogP contribution in [0.4, 0.5) is 0 Å². The molecule has 1 aliphatic rings. The van der Waals surface area contributed by atoms with Crippen LogP contribution in [0.1, 0.15) is 58.9 Å². The molecule has 8 nitrogen and oxygen atoms in total. The van der Waals surface area contributed by atoms with E-state index in [-0.39, 0.29) is 36.2 Å². The summed E-state index contributed by atoms with van der Waals surface area (Å²) in [6.07, 6.45) is 0.412. The third kappa shape index (κ3) is 6.75. The van der Waals surface area contributed by atoms with Gasteiger partial charge in [-0.1, -0.05) is 55.5 Å². The molecular formula is C28H30N2O6S. The fourth-order valence-electron chi connectivity index (χ4n) is 4.16. The predicted octanol–water partition coefficient (Wildman–Crippen LogP) is 4.49. The van der Waals surface area contributed by atoms with Gasteiger partial charge in [0.15, 0.2) is 6.29 Å². The molecule has 3 N–H and O–H groups in total. The predicted molar refractivity (Wildman–Crippen MR) is 139 cm³/mol. The summed E-state index contributed by atoms with van der Waals surface area (Å²) in [5.41, 5.74) is 3.75. The molecule has 3 aromatic rings. The van der Waals surface area contributed by atoms with Crippen molar-refractivity contribution in [3.8, 4) is 0 Å². The number of nitrogens with one attached hydrogen (secondary N) is 1. The Hall–Kier alpha value is -3.24. The number of amides is 1. The monoisotopic (exact) mass is 522 g/mol. The SMILES string of the molecule is CC(=O)NCc1ccc(C2OC(CSc3ncccc3C(=O)O)C(C)C(c3ccc(CO)cc3)O2)cc1. The summed E-state index contributed by atoms with van der Waals surface area (Å²) in [7, 11) is 0. The Morgan fingerprint density at radius 1 is 1.00 bits per heavy atom. The zero-order valence-corrected chi connectivity index (χ0v) is 21.5. The number of ether oxygens (including phenoxy) is 2. The number of carboxylic acid groups (broad SMARTS) is 1. The van der Waals surface area contributed by atoms with Gasteiger partial charge in [0.1, 0.15) is 5.03 Å². The number of aromatic carboxylic acids is 1. The van der Waals surface area contributed by atoms with Crippen LogP contribution >= 0.6 is 11.8 Å². The molecule has 1 fully saturated rings. The van der Waals surface area contributed by atoms with E-state index >= 15 is 0 Å². The van der Waals surface area contributed by atoms with Gasteiger partial charge in [-0.15, -0.1) is 11.8 Å². The van der Waals surface area contributed by atoms with Crippen molar-refractivity contribution in [2.45, 2.75) is 50.5 Å². The van der Waals surface area contributed by atoms with Crippen molar-refractivity contribution < 1.29 is 29.3 Å². The van der Waals surface area contributed by atoms with E-state index in [1.807, 2.05) is 48.5 Å². The van der Waals surface area contributed by atoms with Gasteiger partial charge in [-0.3, -0.25) is 4.79 Å². The smallest absolute Gasteiger partial charge is 0.338 e. The zero-order chi connectivity index (χ0) is 26.4. The van der Waals surface area contributed by atoms with Crippen molar-refractivity contribution in [3.05, 3.63) is 94.7 Å². The second kappa shape index (κ2) is 12.3. The van der Waals surface area contributed by atoms with E-state index in [0.29, 0.717) is 17.3 Å². The number of aliphatic hydroxyl groups excluding tert-OH is 1. The highest BCUT2D eigenvalue weighted by atomic mass is 32.2. The van der Waals surface area contributed by atoms with E-state index in [9.17, 15) is 19.8 Å². The Kier molecular flexibility index (Phi) is 8.94. The molecule has 4 rings (SSSR count). The number of carboxylic acids is 1. The number of aliphatic hydroxyl groups is 1. The maximum absolute atomic E-state index is 11.6. The number of carbonyl (C=O) groups excluding carboxylic acids is 1. The molecule has 9 heteroatoms. The van der Waals surface area contributed by atoms with Crippen molar-refractivity contribution in [1.82, 2.24) is 10.3 Å². The lowest BCUT2D eigenvalue weighted by atomic mass is 9.91. The molecule has 2 aromatic carbocycles. The number of rotatable bonds is 9. The Morgan fingerprint density at radius 2 is 1.68 bits per heavy atom. The number of carbonyl (C=O) groups is 2. The van der Waals surface area contributed by atoms with Gasteiger partial charge in [0.25, 0.3) is 0 Å². The molecule has 0 spiro atoms. The molecule has 1 aromatic heterocycles. The Morgan fingerprint density at radius 3 is 2.32 bits per heavy atom. The number of benzene rings is 2. The van der Waals surface area contributed by atoms with Crippen molar-refractivity contribution in [2.75, 3.05) is 5.75 Å². The number of aromatic nitrogens is 1. The van der Waals surface area contributed by atoms with Crippen LogP contribution in [-0.2, 0) is 27.4 Å². The summed E-state index contributed by atoms with van der Waals surface area (Å²) in [5, 5.41) is 22.2. The quantitative estimate of drug-likeness (QED) is 0.352. The fourth-order valence-corrected chi connectivity index (χ4v) is 5.31. The second-order valence-electron chi connectivity index (χ2n) is 8.95. The summed E-state index contributed by atoms with van der Waals surface area (Å²) in [5.74, 6) is -0.661. The van der Waals surface area contributed by atoms with Gasteiger partial charge >= 0.3 is 5.97 Å². The lowest BCUT2D eigenvalue weighted by molar-refractivity contribution is -0.268. The molecule has 194 valence electrons. The third-order valence-electron chi connectivity index (χ3n) is 6.30. The van der Waals surface area contributed by atoms with Crippen molar-refractivity contribution in [2.24, 2.45) is 5.92 Å². The van der Waals surface area contributed by atoms with Gasteiger partial charge in [0, 0.05) is 36.9 Å². The zero-order valence-electron chi connectivity index (χ0n) is 20.7. The molecule has 4 atom stereocenters. The molecule has 1 aliphatic heterocycles. The molecule has 4 unspecified atom stereocenters. The van der Waals surface area contributed by atoms with Gasteiger partial charge in [-0.05, 0) is 28.8 Å². The van der Waals surface area contributed by atoms with E-state index in [0.717, 1.165) is 22.3 Å². The first-order valence-electron chi connectivity index (χ1n) is 12.0. The molecule has 37 heavy (non-hydrogen) atoms. The standard InChI is InChI=1S/C28H30N2O6S/c1-17-24(16-37-26-23(27(33)34)4-3-13-29-26)35-28(22-11-5-19(6-12-22)14-30-18(2)32)36-25(17)21-9-7-20(15-31)8-10-21/h3-13,17,24-25,28,31H,14-16H2,1-2H3,(H,30,32)(H,33,34). The highest BCUT2D eigenvalue weighted by Crippen LogP contribution is 2.43. The molecular weight excluding hydrogens is 492 g/mol. The molecule has 0 saturated carbocycles. The first-order chi connectivity index (χ1) is 17.9. The van der Waals surface area contributed by atoms with Gasteiger partial charge in [0.2, 0.25) is 5.91 Å². The number of thioether (sulfide) groups is 1. The fraction of sp³-hybridized carbons (Fsp3) is 0.321. The summed E-state index contributed by atoms with van der Waals surface area (Å²) in [4.78, 5) is 27.1. The topological polar surface area (TPSA) is 118 Å². The molecule has 1 saturated heterocycles. The van der Waals surface area contributed by atoms with Crippen LogP contribution in [-0.4, -0.2) is 38.9 Å². The van der Waals surface area contributed by atoms with Crippen LogP contribution in [0.2, 0.25) is 0 Å². The van der Waals surface area contributed by atoms with E-state index in [1.165, 1.54) is 18.7 Å². The van der Waals surface area contributed by atoms with Crippen LogP contribution in [0.25, 0.3) is 0 Å². The summed E-state index contributed by atoms with van der Waals surface area (Å²) < 4.78 is 12.9. The van der Waals surface area contributed by atoms with E-state index in [2.05, 4.69) is 17.2 Å². The van der Waals surface area contributed by atoms with Crippen molar-refractivity contribution >= 4 is 23.6 Å². The Labute approximate surface area is 220 Å². The number of nitrogens with zero attached hydrogens (tertiary/aromatic N) is 1. The minimum absolute atomic E-state index is 0.0345. The lowest BCUT2D eigenvalue weighted by Crippen LogP contribution is -2.38. The van der Waals surface area contributed by atoms with Crippen LogP contribution in [0.3, 0.4) is 0 Å². The Bertz CT molecular complexity index is 1220. The van der Waals surface area contributed by atoms with Crippen LogP contribution < -0.4 is 5.32 Å². The van der Waals surface area contributed by atoms with Crippen LogP contribution in [0, 0.1) is 5.92 Å². The molecule has 0 aliphatic carbocycles. The van der Waals surface area contributed by atoms with Crippen molar-refractivity contribution in [1.29, 1.82) is 0 Å². The van der Waals surface area contributed by atoms with Crippen molar-refractivity contribution in [3.63, 3.8) is 0 Å². The molecule has 0 bridgehead atoms. The summed E-state index contributed by atoms with van der Waals surface area (Å²) in [6, 6.07) is 18.5. The summed E-state index contributed by atoms with van der Waals surface area (Å²) in [6.45, 7) is 3.94. The highest BCUT2D eigenvalue weighted by molar-refractivity contribution is 7.99. The van der Waals surface area contributed by atoms with Crippen LogP contribution in [0.5, 0.6) is 0 Å². The summed E-state index contributed by atoms with van der Waals surface area (Å²) >= 11 is 1.35. The maximum Gasteiger partial charge on any atom is 0.338 e. The van der Waals surface area contributed by atoms with Gasteiger partial charge in [-0.2, -0.15) is 0 Å². The lowest BCUT2D eigenvalue weighted by Gasteiger charge is -2.41.